The first-order chi connectivity index (χ1) is 14.7. The highest BCUT2D eigenvalue weighted by molar-refractivity contribution is 5.79. The molecule has 1 fully saturated rings. The molecule has 0 N–H and O–H groups in total. The van der Waals surface area contributed by atoms with Crippen molar-refractivity contribution in [3.8, 4) is 0 Å². The van der Waals surface area contributed by atoms with Gasteiger partial charge in [-0.2, -0.15) is 0 Å². The van der Waals surface area contributed by atoms with Crippen molar-refractivity contribution < 1.29 is 9.59 Å². The molecule has 1 aromatic carbocycles. The molecule has 0 spiro atoms. The van der Waals surface area contributed by atoms with Gasteiger partial charge < -0.3 is 14.7 Å². The van der Waals surface area contributed by atoms with E-state index in [2.05, 4.69) is 0 Å². The van der Waals surface area contributed by atoms with Crippen LogP contribution in [0, 0.1) is 6.92 Å². The summed E-state index contributed by atoms with van der Waals surface area (Å²) in [7, 11) is 5.63. The first-order valence-corrected chi connectivity index (χ1v) is 10.9. The number of likely N-dealkylation sites (tertiary alicyclic amines) is 1. The Hall–Kier alpha value is -2.96. The molecule has 2 heterocycles. The molecule has 7 nitrogen and oxygen atoms in total. The number of hydrogen-bond donors (Lipinski definition) is 0. The van der Waals surface area contributed by atoms with Crippen LogP contribution in [0.25, 0.3) is 0 Å². The van der Waals surface area contributed by atoms with Gasteiger partial charge in [-0.3, -0.25) is 9.59 Å². The molecule has 0 saturated carbocycles. The van der Waals surface area contributed by atoms with Crippen LogP contribution in [0.4, 0.5) is 5.82 Å². The fourth-order valence-electron chi connectivity index (χ4n) is 3.80. The van der Waals surface area contributed by atoms with Crippen LogP contribution in [0.2, 0.25) is 0 Å². The summed E-state index contributed by atoms with van der Waals surface area (Å²) in [6.07, 6.45) is 3.25. The lowest BCUT2D eigenvalue weighted by Crippen LogP contribution is -2.40. The molecule has 1 atom stereocenters. The zero-order valence-corrected chi connectivity index (χ0v) is 19.3. The Bertz CT molecular complexity index is 926. The summed E-state index contributed by atoms with van der Waals surface area (Å²) in [5, 5.41) is 0. The lowest BCUT2D eigenvalue weighted by Gasteiger charge is -2.35. The summed E-state index contributed by atoms with van der Waals surface area (Å²) in [6, 6.07) is 9.88. The van der Waals surface area contributed by atoms with Crippen LogP contribution in [0.1, 0.15) is 54.9 Å². The van der Waals surface area contributed by atoms with E-state index in [1.165, 1.54) is 5.56 Å². The molecule has 1 unspecified atom stereocenters. The Balaban J connectivity index is 1.88. The Morgan fingerprint density at radius 3 is 2.45 bits per heavy atom. The van der Waals surface area contributed by atoms with Gasteiger partial charge in [0.2, 0.25) is 11.8 Å². The summed E-state index contributed by atoms with van der Waals surface area (Å²) in [5.74, 6) is 1.54. The number of anilines is 1. The molecule has 1 aromatic heterocycles. The summed E-state index contributed by atoms with van der Waals surface area (Å²) in [4.78, 5) is 40.0. The highest BCUT2D eigenvalue weighted by Gasteiger charge is 2.30. The number of amides is 2. The number of benzene rings is 1. The van der Waals surface area contributed by atoms with E-state index in [0.717, 1.165) is 36.3 Å². The second kappa shape index (κ2) is 9.90. The third-order valence-corrected chi connectivity index (χ3v) is 5.78. The third-order valence-electron chi connectivity index (χ3n) is 5.78. The van der Waals surface area contributed by atoms with Crippen molar-refractivity contribution in [2.75, 3.05) is 32.6 Å². The van der Waals surface area contributed by atoms with E-state index < -0.39 is 0 Å². The molecule has 7 heteroatoms. The molecular formula is C24H33N5O2. The van der Waals surface area contributed by atoms with Crippen LogP contribution < -0.4 is 4.90 Å². The Morgan fingerprint density at radius 2 is 1.81 bits per heavy atom. The van der Waals surface area contributed by atoms with Gasteiger partial charge in [0.15, 0.2) is 5.82 Å². The number of aromatic nitrogens is 2. The summed E-state index contributed by atoms with van der Waals surface area (Å²) in [6.45, 7) is 4.72. The first kappa shape index (κ1) is 22.7. The SMILES string of the molecule is CC(=O)N(C)Cc1cc(N(C)C)nc(C2CCCCN2C(=O)Cc2ccc(C)cc2)n1. The van der Waals surface area contributed by atoms with Gasteiger partial charge in [0.1, 0.15) is 5.82 Å². The fraction of sp³-hybridized carbons (Fsp3) is 0.500. The van der Waals surface area contributed by atoms with Crippen molar-refractivity contribution in [2.45, 2.75) is 52.1 Å². The van der Waals surface area contributed by atoms with Gasteiger partial charge in [0.05, 0.1) is 24.7 Å². The third kappa shape index (κ3) is 5.81. The van der Waals surface area contributed by atoms with Gasteiger partial charge in [-0.1, -0.05) is 29.8 Å². The van der Waals surface area contributed by atoms with Crippen molar-refractivity contribution >= 4 is 17.6 Å². The van der Waals surface area contributed by atoms with Crippen molar-refractivity contribution in [2.24, 2.45) is 0 Å². The van der Waals surface area contributed by atoms with Crippen molar-refractivity contribution in [3.05, 3.63) is 53.0 Å². The van der Waals surface area contributed by atoms with Gasteiger partial charge in [-0.25, -0.2) is 9.97 Å². The molecule has 1 aliphatic heterocycles. The standard InChI is InChI=1S/C24H33N5O2/c1-17-9-11-19(12-10-17)14-23(31)29-13-7-6-8-21(29)24-25-20(16-28(5)18(2)30)15-22(26-24)27(3)4/h9-12,15,21H,6-8,13-14,16H2,1-5H3. The monoisotopic (exact) mass is 423 g/mol. The minimum atomic E-state index is -0.145. The van der Waals surface area contributed by atoms with Gasteiger partial charge in [-0.05, 0) is 31.7 Å². The number of aryl methyl sites for hydroxylation is 1. The van der Waals surface area contributed by atoms with Crippen LogP contribution in [0.15, 0.2) is 30.3 Å². The van der Waals surface area contributed by atoms with Crippen LogP contribution in [0.5, 0.6) is 0 Å². The van der Waals surface area contributed by atoms with E-state index in [1.54, 1.807) is 18.9 Å². The predicted octanol–water partition coefficient (Wildman–Crippen LogP) is 3.13. The zero-order valence-electron chi connectivity index (χ0n) is 19.3. The second-order valence-corrected chi connectivity index (χ2v) is 8.61. The maximum absolute atomic E-state index is 13.2. The van der Waals surface area contributed by atoms with E-state index in [9.17, 15) is 9.59 Å². The highest BCUT2D eigenvalue weighted by atomic mass is 16.2. The molecule has 0 aliphatic carbocycles. The molecular weight excluding hydrogens is 390 g/mol. The minimum Gasteiger partial charge on any atom is -0.363 e. The fourth-order valence-corrected chi connectivity index (χ4v) is 3.80. The highest BCUT2D eigenvalue weighted by Crippen LogP contribution is 2.31. The smallest absolute Gasteiger partial charge is 0.227 e. The number of nitrogens with zero attached hydrogens (tertiary/aromatic N) is 5. The maximum Gasteiger partial charge on any atom is 0.227 e. The van der Waals surface area contributed by atoms with Crippen molar-refractivity contribution in [3.63, 3.8) is 0 Å². The minimum absolute atomic E-state index is 0.0147. The largest absolute Gasteiger partial charge is 0.363 e. The first-order valence-electron chi connectivity index (χ1n) is 10.9. The molecule has 31 heavy (non-hydrogen) atoms. The second-order valence-electron chi connectivity index (χ2n) is 8.61. The number of hydrogen-bond acceptors (Lipinski definition) is 5. The molecule has 1 aliphatic rings. The Kier molecular flexibility index (Phi) is 7.25. The summed E-state index contributed by atoms with van der Waals surface area (Å²) < 4.78 is 0. The normalized spacial score (nSPS) is 16.2. The average molecular weight is 424 g/mol. The van der Waals surface area contributed by atoms with E-state index >= 15 is 0 Å². The summed E-state index contributed by atoms with van der Waals surface area (Å²) in [5.41, 5.74) is 2.98. The van der Waals surface area contributed by atoms with E-state index in [-0.39, 0.29) is 17.9 Å². The van der Waals surface area contributed by atoms with Crippen LogP contribution in [-0.4, -0.2) is 59.3 Å². The summed E-state index contributed by atoms with van der Waals surface area (Å²) >= 11 is 0. The van der Waals surface area contributed by atoms with Gasteiger partial charge in [0.25, 0.3) is 0 Å². The number of piperidine rings is 1. The number of carbonyl (C=O) groups is 2. The van der Waals surface area contributed by atoms with Gasteiger partial charge in [0, 0.05) is 40.7 Å². The van der Waals surface area contributed by atoms with E-state index in [0.29, 0.717) is 25.3 Å². The van der Waals surface area contributed by atoms with Crippen molar-refractivity contribution in [1.82, 2.24) is 19.8 Å². The number of carbonyl (C=O) groups excluding carboxylic acids is 2. The topological polar surface area (TPSA) is 69.6 Å². The molecule has 0 radical (unpaired) electrons. The van der Waals surface area contributed by atoms with Gasteiger partial charge >= 0.3 is 0 Å². The quantitative estimate of drug-likeness (QED) is 0.714. The van der Waals surface area contributed by atoms with E-state index in [4.69, 9.17) is 9.97 Å². The molecule has 2 amide bonds. The molecule has 3 rings (SSSR count). The van der Waals surface area contributed by atoms with Gasteiger partial charge in [-0.15, -0.1) is 0 Å². The molecule has 0 bridgehead atoms. The molecule has 1 saturated heterocycles. The lowest BCUT2D eigenvalue weighted by molar-refractivity contribution is -0.134. The van der Waals surface area contributed by atoms with Crippen molar-refractivity contribution in [1.29, 1.82) is 0 Å². The zero-order chi connectivity index (χ0) is 22.5. The molecule has 2 aromatic rings. The number of rotatable bonds is 6. The molecule has 166 valence electrons. The predicted molar refractivity (Wildman–Crippen MR) is 122 cm³/mol. The average Bonchev–Trinajstić information content (AvgIpc) is 2.75. The van der Waals surface area contributed by atoms with Crippen LogP contribution in [0.3, 0.4) is 0 Å². The van der Waals surface area contributed by atoms with E-state index in [1.807, 2.05) is 61.2 Å². The van der Waals surface area contributed by atoms with Crippen LogP contribution in [-0.2, 0) is 22.6 Å². The maximum atomic E-state index is 13.2. The van der Waals surface area contributed by atoms with Crippen LogP contribution >= 0.6 is 0 Å². The lowest BCUT2D eigenvalue weighted by atomic mass is 9.99. The Morgan fingerprint density at radius 1 is 1.10 bits per heavy atom. The Labute approximate surface area is 185 Å².